The Balaban J connectivity index is 1.26. The molecule has 3 atom stereocenters. The molecule has 3 heterocycles. The van der Waals surface area contributed by atoms with Crippen molar-refractivity contribution in [1.82, 2.24) is 15.0 Å². The van der Waals surface area contributed by atoms with Gasteiger partial charge in [0.2, 0.25) is 0 Å². The number of nitrogens with zero attached hydrogens (tertiary/aromatic N) is 6. The lowest BCUT2D eigenvalue weighted by Gasteiger charge is -2.22. The number of anilines is 2. The Kier molecular flexibility index (Phi) is 4.76. The van der Waals surface area contributed by atoms with Gasteiger partial charge in [-0.3, -0.25) is 4.90 Å². The van der Waals surface area contributed by atoms with Crippen LogP contribution in [-0.2, 0) is 16.1 Å². The number of fused-ring (bicyclic) bond motifs is 1. The Bertz CT molecular complexity index is 949. The minimum absolute atomic E-state index is 0.328. The summed E-state index contributed by atoms with van der Waals surface area (Å²) in [6.07, 6.45) is 4.25. The van der Waals surface area contributed by atoms with Crippen LogP contribution in [0.15, 0.2) is 35.7 Å². The third-order valence-electron chi connectivity index (χ3n) is 6.11. The lowest BCUT2D eigenvalue weighted by Crippen LogP contribution is -2.27. The molecule has 1 aromatic carbocycles. The molecule has 0 radical (unpaired) electrons. The van der Waals surface area contributed by atoms with Crippen LogP contribution >= 0.6 is 0 Å². The van der Waals surface area contributed by atoms with Gasteiger partial charge in [-0.1, -0.05) is 10.4 Å². The molecule has 2 unspecified atom stereocenters. The zero-order chi connectivity index (χ0) is 20.7. The summed E-state index contributed by atoms with van der Waals surface area (Å²) in [4.78, 5) is 20.7. The molecule has 1 amide bonds. The summed E-state index contributed by atoms with van der Waals surface area (Å²) in [5.41, 5.74) is 2.16. The fourth-order valence-corrected chi connectivity index (χ4v) is 4.78. The van der Waals surface area contributed by atoms with E-state index in [1.807, 2.05) is 0 Å². The van der Waals surface area contributed by atoms with Crippen LogP contribution in [0.2, 0.25) is 0 Å². The fourth-order valence-electron chi connectivity index (χ4n) is 4.78. The molecule has 3 fully saturated rings. The molecule has 0 bridgehead atoms. The van der Waals surface area contributed by atoms with E-state index in [1.54, 1.807) is 36.3 Å². The minimum Gasteiger partial charge on any atom is -0.442 e. The van der Waals surface area contributed by atoms with E-state index < -0.39 is 6.09 Å². The van der Waals surface area contributed by atoms with Crippen molar-refractivity contribution in [3.05, 3.63) is 36.4 Å². The molecular weight excluding hydrogens is 391 g/mol. The number of oxime groups is 1. The van der Waals surface area contributed by atoms with Crippen LogP contribution in [0.25, 0.3) is 0 Å². The van der Waals surface area contributed by atoms with Crippen LogP contribution in [0, 0.1) is 17.7 Å². The Morgan fingerprint density at radius 2 is 2.07 bits per heavy atom. The molecule has 2 saturated heterocycles. The first kappa shape index (κ1) is 18.8. The number of amides is 1. The van der Waals surface area contributed by atoms with Crippen LogP contribution in [-0.4, -0.2) is 59.6 Å². The molecule has 158 valence electrons. The minimum atomic E-state index is -0.479. The second kappa shape index (κ2) is 7.58. The first-order valence-electron chi connectivity index (χ1n) is 10.1. The monoisotopic (exact) mass is 414 g/mol. The number of rotatable bonds is 5. The predicted molar refractivity (Wildman–Crippen MR) is 107 cm³/mol. The van der Waals surface area contributed by atoms with Crippen molar-refractivity contribution in [3.8, 4) is 0 Å². The molecule has 0 N–H and O–H groups in total. The van der Waals surface area contributed by atoms with Crippen molar-refractivity contribution in [2.45, 2.75) is 25.5 Å². The molecule has 2 aromatic rings. The number of hydrogen-bond donors (Lipinski definition) is 0. The SMILES string of the molecule is CON=C1CC2CN(c3ccc(N4C[C@H](Cn5ccnn5)OC4=O)cc3F)CC2C1. The van der Waals surface area contributed by atoms with Crippen LogP contribution in [0.5, 0.6) is 0 Å². The van der Waals surface area contributed by atoms with Gasteiger partial charge < -0.3 is 14.5 Å². The van der Waals surface area contributed by atoms with Crippen LogP contribution in [0.4, 0.5) is 20.6 Å². The second-order valence-corrected chi connectivity index (χ2v) is 8.05. The lowest BCUT2D eigenvalue weighted by molar-refractivity contribution is 0.129. The zero-order valence-corrected chi connectivity index (χ0v) is 16.6. The van der Waals surface area contributed by atoms with E-state index in [2.05, 4.69) is 20.4 Å². The Labute approximate surface area is 173 Å². The smallest absolute Gasteiger partial charge is 0.414 e. The van der Waals surface area contributed by atoms with Crippen molar-refractivity contribution >= 4 is 23.2 Å². The maximum atomic E-state index is 15.0. The number of cyclic esters (lactones) is 1. The number of ether oxygens (including phenoxy) is 1. The van der Waals surface area contributed by atoms with Gasteiger partial charge in [0.05, 0.1) is 36.4 Å². The van der Waals surface area contributed by atoms with Gasteiger partial charge in [0.1, 0.15) is 19.0 Å². The van der Waals surface area contributed by atoms with E-state index in [0.29, 0.717) is 36.3 Å². The molecule has 1 saturated carbocycles. The number of benzene rings is 1. The van der Waals surface area contributed by atoms with E-state index in [-0.39, 0.29) is 11.9 Å². The van der Waals surface area contributed by atoms with E-state index in [1.165, 1.54) is 11.0 Å². The summed E-state index contributed by atoms with van der Waals surface area (Å²) >= 11 is 0. The maximum absolute atomic E-state index is 15.0. The highest BCUT2D eigenvalue weighted by Crippen LogP contribution is 2.40. The average Bonchev–Trinajstić information content (AvgIpc) is 3.47. The van der Waals surface area contributed by atoms with Crippen LogP contribution in [0.1, 0.15) is 12.8 Å². The first-order chi connectivity index (χ1) is 14.6. The topological polar surface area (TPSA) is 85.1 Å². The summed E-state index contributed by atoms with van der Waals surface area (Å²) in [5, 5.41) is 11.7. The maximum Gasteiger partial charge on any atom is 0.414 e. The highest BCUT2D eigenvalue weighted by molar-refractivity contribution is 5.90. The third kappa shape index (κ3) is 3.46. The Hall–Kier alpha value is -3.17. The van der Waals surface area contributed by atoms with Crippen molar-refractivity contribution in [3.63, 3.8) is 0 Å². The van der Waals surface area contributed by atoms with E-state index >= 15 is 0 Å². The molecular formula is C20H23FN6O3. The largest absolute Gasteiger partial charge is 0.442 e. The van der Waals surface area contributed by atoms with Gasteiger partial charge in [0.25, 0.3) is 0 Å². The Morgan fingerprint density at radius 1 is 1.27 bits per heavy atom. The summed E-state index contributed by atoms with van der Waals surface area (Å²) in [6.45, 7) is 2.35. The van der Waals surface area contributed by atoms with E-state index in [0.717, 1.165) is 31.6 Å². The first-order valence-corrected chi connectivity index (χ1v) is 10.1. The molecule has 1 aromatic heterocycles. The molecule has 30 heavy (non-hydrogen) atoms. The fraction of sp³-hybridized carbons (Fsp3) is 0.500. The van der Waals surface area contributed by atoms with Gasteiger partial charge >= 0.3 is 6.09 Å². The average molecular weight is 414 g/mol. The van der Waals surface area contributed by atoms with Gasteiger partial charge in [-0.05, 0) is 42.9 Å². The predicted octanol–water partition coefficient (Wildman–Crippen LogP) is 2.29. The van der Waals surface area contributed by atoms with Crippen LogP contribution in [0.3, 0.4) is 0 Å². The molecule has 9 nitrogen and oxygen atoms in total. The van der Waals surface area contributed by atoms with Gasteiger partial charge in [-0.25, -0.2) is 13.9 Å². The van der Waals surface area contributed by atoms with E-state index in [4.69, 9.17) is 9.57 Å². The second-order valence-electron chi connectivity index (χ2n) is 8.05. The molecule has 5 rings (SSSR count). The normalized spacial score (nSPS) is 25.6. The number of carbonyl (C=O) groups excluding carboxylic acids is 1. The van der Waals surface area contributed by atoms with E-state index in [9.17, 15) is 9.18 Å². The number of aromatic nitrogens is 3. The highest BCUT2D eigenvalue weighted by Gasteiger charge is 2.40. The highest BCUT2D eigenvalue weighted by atomic mass is 19.1. The lowest BCUT2D eigenvalue weighted by atomic mass is 10.0. The quantitative estimate of drug-likeness (QED) is 0.698. The van der Waals surface area contributed by atoms with Crippen molar-refractivity contribution in [2.75, 3.05) is 36.5 Å². The van der Waals surface area contributed by atoms with Crippen molar-refractivity contribution in [1.29, 1.82) is 0 Å². The third-order valence-corrected chi connectivity index (χ3v) is 6.11. The van der Waals surface area contributed by atoms with Gasteiger partial charge in [-0.15, -0.1) is 5.10 Å². The summed E-state index contributed by atoms with van der Waals surface area (Å²) in [5.74, 6) is 0.624. The number of hydrogen-bond acceptors (Lipinski definition) is 7. The molecule has 2 aliphatic heterocycles. The van der Waals surface area contributed by atoms with Gasteiger partial charge in [0, 0.05) is 19.3 Å². The van der Waals surface area contributed by atoms with Gasteiger partial charge in [-0.2, -0.15) is 0 Å². The molecule has 0 spiro atoms. The summed E-state index contributed by atoms with van der Waals surface area (Å²) in [6, 6.07) is 4.96. The zero-order valence-electron chi connectivity index (χ0n) is 16.6. The summed E-state index contributed by atoms with van der Waals surface area (Å²) in [7, 11) is 1.57. The summed E-state index contributed by atoms with van der Waals surface area (Å²) < 4.78 is 22.0. The Morgan fingerprint density at radius 3 is 2.73 bits per heavy atom. The standard InChI is InChI=1S/C20H23FN6O3/c1-29-23-15-6-13-9-25(10-14(13)7-15)19-3-2-16(8-18(19)21)27-12-17(30-20(27)28)11-26-5-4-22-24-26/h2-5,8,13-14,17H,6-7,9-12H2,1H3/t13?,14?,17-/m0/s1. The van der Waals surface area contributed by atoms with Gasteiger partial charge in [0.15, 0.2) is 0 Å². The molecule has 3 aliphatic rings. The number of halogens is 1. The number of carbonyl (C=O) groups is 1. The van der Waals surface area contributed by atoms with Crippen molar-refractivity contribution < 1.29 is 18.8 Å². The molecule has 10 heteroatoms. The van der Waals surface area contributed by atoms with Crippen LogP contribution < -0.4 is 9.80 Å². The molecule has 1 aliphatic carbocycles. The van der Waals surface area contributed by atoms with Crippen molar-refractivity contribution in [2.24, 2.45) is 17.0 Å².